The third-order valence-corrected chi connectivity index (χ3v) is 8.03. The summed E-state index contributed by atoms with van der Waals surface area (Å²) in [4.78, 5) is 12.6. The first-order valence-electron chi connectivity index (χ1n) is 10.2. The topological polar surface area (TPSA) is 97.3 Å². The van der Waals surface area contributed by atoms with Crippen LogP contribution in [0.4, 0.5) is 0 Å². The van der Waals surface area contributed by atoms with Gasteiger partial charge in [-0.1, -0.05) is 18.3 Å². The molecule has 0 bridgehead atoms. The molecule has 7 nitrogen and oxygen atoms in total. The number of ether oxygens (including phenoxy) is 3. The second kappa shape index (κ2) is 10.1. The Hall–Kier alpha value is 0.340. The van der Waals surface area contributed by atoms with Crippen LogP contribution in [0, 0.1) is 5.92 Å². The van der Waals surface area contributed by atoms with Crippen molar-refractivity contribution >= 4 is 18.2 Å². The molecular weight excluding hydrogens is 403 g/mol. The molecule has 1 N–H and O–H groups in total. The first kappa shape index (κ1) is 24.6. The number of rotatable bonds is 10. The zero-order valence-electron chi connectivity index (χ0n) is 17.8. The highest BCUT2D eigenvalue weighted by Crippen LogP contribution is 2.56. The zero-order chi connectivity index (χ0) is 21.1. The summed E-state index contributed by atoms with van der Waals surface area (Å²) in [7, 11) is 0. The fourth-order valence-corrected chi connectivity index (χ4v) is 6.68. The fourth-order valence-electron chi connectivity index (χ4n) is 3.92. The van der Waals surface area contributed by atoms with Crippen LogP contribution in [-0.4, -0.2) is 59.7 Å². The molecule has 0 aromatic heterocycles. The lowest BCUT2D eigenvalue weighted by Crippen LogP contribution is -2.44. The minimum Gasteiger partial charge on any atom is -0.770 e. The van der Waals surface area contributed by atoms with Crippen LogP contribution in [0.3, 0.4) is 0 Å². The van der Waals surface area contributed by atoms with E-state index in [0.29, 0.717) is 12.8 Å². The Balaban J connectivity index is 1.93. The fraction of sp³-hybridized carbons (Fsp3) is 1.00. The first-order chi connectivity index (χ1) is 12.9. The summed E-state index contributed by atoms with van der Waals surface area (Å²) < 4.78 is 35.3. The van der Waals surface area contributed by atoms with Gasteiger partial charge in [0, 0.05) is 12.2 Å². The molecule has 0 aromatic rings. The van der Waals surface area contributed by atoms with E-state index in [1.165, 1.54) is 0 Å². The van der Waals surface area contributed by atoms with Crippen LogP contribution in [-0.2, 0) is 23.3 Å². The highest BCUT2D eigenvalue weighted by molar-refractivity contribution is 8.54. The van der Waals surface area contributed by atoms with Gasteiger partial charge in [0.1, 0.15) is 5.60 Å². The van der Waals surface area contributed by atoms with Crippen LogP contribution in [0.2, 0.25) is 0 Å². The van der Waals surface area contributed by atoms with E-state index >= 15 is 0 Å². The highest BCUT2D eigenvalue weighted by Gasteiger charge is 2.47. The molecule has 1 aliphatic heterocycles. The predicted molar refractivity (Wildman–Crippen MR) is 108 cm³/mol. The first-order valence-corrected chi connectivity index (χ1v) is 13.3. The van der Waals surface area contributed by atoms with Gasteiger partial charge in [-0.3, -0.25) is 4.57 Å². The minimum absolute atomic E-state index is 0.0373. The second-order valence-corrected chi connectivity index (χ2v) is 12.6. The summed E-state index contributed by atoms with van der Waals surface area (Å²) in [6.45, 7) is 7.46. The molecule has 1 unspecified atom stereocenters. The van der Waals surface area contributed by atoms with Crippen molar-refractivity contribution in [1.29, 1.82) is 0 Å². The zero-order valence-corrected chi connectivity index (χ0v) is 19.5. The van der Waals surface area contributed by atoms with Gasteiger partial charge < -0.3 is 28.7 Å². The molecule has 28 heavy (non-hydrogen) atoms. The predicted octanol–water partition coefficient (Wildman–Crippen LogP) is 3.13. The van der Waals surface area contributed by atoms with E-state index in [-0.39, 0.29) is 48.8 Å². The van der Waals surface area contributed by atoms with Crippen LogP contribution < -0.4 is 4.89 Å². The van der Waals surface area contributed by atoms with E-state index in [0.717, 1.165) is 17.8 Å². The second-order valence-electron chi connectivity index (χ2n) is 8.79. The molecule has 9 heteroatoms. The quantitative estimate of drug-likeness (QED) is 0.519. The molecule has 0 radical (unpaired) electrons. The third-order valence-electron chi connectivity index (χ3n) is 5.07. The van der Waals surface area contributed by atoms with Gasteiger partial charge in [0.25, 0.3) is 0 Å². The van der Waals surface area contributed by atoms with E-state index in [1.54, 1.807) is 0 Å². The summed E-state index contributed by atoms with van der Waals surface area (Å²) in [6.07, 6.45) is 0.539. The molecule has 1 aliphatic carbocycles. The molecule has 1 saturated carbocycles. The van der Waals surface area contributed by atoms with Crippen molar-refractivity contribution < 1.29 is 33.3 Å². The molecule has 7 atom stereocenters. The van der Waals surface area contributed by atoms with Crippen molar-refractivity contribution in [2.75, 3.05) is 12.4 Å². The molecule has 2 rings (SSSR count). The maximum absolute atomic E-state index is 12.6. The number of hydrogen-bond donors (Lipinski definition) is 1. The Morgan fingerprint density at radius 2 is 1.93 bits per heavy atom. The van der Waals surface area contributed by atoms with Crippen molar-refractivity contribution in [3.63, 3.8) is 0 Å². The van der Waals surface area contributed by atoms with Crippen LogP contribution in [0.25, 0.3) is 0 Å². The molecule has 1 saturated heterocycles. The Bertz CT molecular complexity index is 546. The SMILES string of the molecule is CC(C)OC[C@@]1(O)C[C@@H](C)C[C@H]1OP(=O)([O-])SC[C@H]1O[C@@H](C)C[C@H]1OC(C)C. The minimum atomic E-state index is -4.21. The summed E-state index contributed by atoms with van der Waals surface area (Å²) >= 11 is 0.743. The van der Waals surface area contributed by atoms with Crippen LogP contribution in [0.15, 0.2) is 0 Å². The van der Waals surface area contributed by atoms with Gasteiger partial charge in [0.05, 0.1) is 43.2 Å². The summed E-state index contributed by atoms with van der Waals surface area (Å²) in [5, 5.41) is 10.9. The van der Waals surface area contributed by atoms with Gasteiger partial charge in [-0.15, -0.1) is 0 Å². The lowest BCUT2D eigenvalue weighted by atomic mass is 10.0. The van der Waals surface area contributed by atoms with Crippen molar-refractivity contribution in [1.82, 2.24) is 0 Å². The van der Waals surface area contributed by atoms with Gasteiger partial charge in [0.15, 0.2) is 6.80 Å². The molecule has 0 aromatic carbocycles. The lowest BCUT2D eigenvalue weighted by Gasteiger charge is -2.35. The summed E-state index contributed by atoms with van der Waals surface area (Å²) in [5.41, 5.74) is -1.29. The number of hydrogen-bond acceptors (Lipinski definition) is 8. The highest BCUT2D eigenvalue weighted by atomic mass is 32.7. The van der Waals surface area contributed by atoms with Gasteiger partial charge in [0.2, 0.25) is 0 Å². The van der Waals surface area contributed by atoms with Gasteiger partial charge in [-0.2, -0.15) is 0 Å². The lowest BCUT2D eigenvalue weighted by molar-refractivity contribution is -0.203. The van der Waals surface area contributed by atoms with E-state index < -0.39 is 18.5 Å². The Morgan fingerprint density at radius 1 is 1.25 bits per heavy atom. The maximum atomic E-state index is 12.6. The van der Waals surface area contributed by atoms with Crippen molar-refractivity contribution in [3.8, 4) is 0 Å². The van der Waals surface area contributed by atoms with Gasteiger partial charge in [-0.05, 0) is 53.4 Å². The molecular formula is C19H36O7PS-. The summed E-state index contributed by atoms with van der Waals surface area (Å²) in [6, 6.07) is 0. The molecule has 1 heterocycles. The van der Waals surface area contributed by atoms with Crippen LogP contribution in [0.5, 0.6) is 0 Å². The normalized spacial score (nSPS) is 38.4. The Kier molecular flexibility index (Phi) is 8.88. The maximum Gasteiger partial charge on any atom is 0.192 e. The standard InChI is InChI=1S/C19H37O7PS/c1-12(2)23-11-19(20)9-14(5)7-18(19)26-27(21,22)28-10-17-16(24-13(3)4)8-15(6)25-17/h12-18,20H,7-11H2,1-6H3,(H,21,22)/p-1/t14-,15-,16+,17+,18+,19-/m0/s1. The largest absolute Gasteiger partial charge is 0.770 e. The molecule has 2 aliphatic rings. The summed E-state index contributed by atoms with van der Waals surface area (Å²) in [5.74, 6) is 0.407. The molecule has 166 valence electrons. The van der Waals surface area contributed by atoms with E-state index in [9.17, 15) is 14.6 Å². The van der Waals surface area contributed by atoms with Crippen molar-refractivity contribution in [3.05, 3.63) is 0 Å². The smallest absolute Gasteiger partial charge is 0.192 e. The molecule has 2 fully saturated rings. The van der Waals surface area contributed by atoms with E-state index in [1.807, 2.05) is 41.5 Å². The average Bonchev–Trinajstić information content (AvgIpc) is 3.02. The Labute approximate surface area is 173 Å². The van der Waals surface area contributed by atoms with Gasteiger partial charge in [-0.25, -0.2) is 0 Å². The van der Waals surface area contributed by atoms with E-state index in [2.05, 4.69) is 0 Å². The average molecular weight is 440 g/mol. The van der Waals surface area contributed by atoms with Crippen molar-refractivity contribution in [2.24, 2.45) is 5.92 Å². The third kappa shape index (κ3) is 7.24. The van der Waals surface area contributed by atoms with Crippen LogP contribution in [0.1, 0.15) is 60.8 Å². The van der Waals surface area contributed by atoms with Crippen molar-refractivity contribution in [2.45, 2.75) is 103 Å². The van der Waals surface area contributed by atoms with Crippen LogP contribution >= 0.6 is 18.2 Å². The van der Waals surface area contributed by atoms with Gasteiger partial charge >= 0.3 is 0 Å². The Morgan fingerprint density at radius 3 is 2.54 bits per heavy atom. The monoisotopic (exact) mass is 439 g/mol. The molecule has 0 spiro atoms. The molecule has 0 amide bonds. The number of aliphatic hydroxyl groups is 1. The van der Waals surface area contributed by atoms with E-state index in [4.69, 9.17) is 18.7 Å².